The van der Waals surface area contributed by atoms with Crippen LogP contribution in [0.4, 0.5) is 0 Å². The Morgan fingerprint density at radius 3 is 2.35 bits per heavy atom. The molecule has 208 valence electrons. The van der Waals surface area contributed by atoms with Crippen molar-refractivity contribution in [2.24, 2.45) is 11.8 Å². The van der Waals surface area contributed by atoms with Crippen molar-refractivity contribution >= 4 is 15.9 Å². The molecule has 2 aliphatic rings. The van der Waals surface area contributed by atoms with E-state index in [0.717, 1.165) is 38.8 Å². The first kappa shape index (κ1) is 29.4. The standard InChI is InChI=1S/C27H42N2O7S/c1-21(2)22-19-25(27(31)28-13-7-5-4-6-8-14-28)36-26(20-22)35-18-16-29(15-17-30)37(32,33)24-11-9-23(34-3)10-12-24/h9-12,19,21-22,26,30H,4-8,13-18,20H2,1-3H3/t22-,26+/m1/s1. The third kappa shape index (κ3) is 8.17. The van der Waals surface area contributed by atoms with Crippen molar-refractivity contribution in [3.8, 4) is 5.75 Å². The Morgan fingerprint density at radius 1 is 1.11 bits per heavy atom. The first-order chi connectivity index (χ1) is 17.8. The van der Waals surface area contributed by atoms with Gasteiger partial charge < -0.3 is 24.2 Å². The molecule has 1 N–H and O–H groups in total. The highest BCUT2D eigenvalue weighted by atomic mass is 32.2. The third-order valence-corrected chi connectivity index (χ3v) is 8.90. The molecular weight excluding hydrogens is 496 g/mol. The number of allylic oxidation sites excluding steroid dienone is 1. The van der Waals surface area contributed by atoms with Crippen molar-refractivity contribution in [3.63, 3.8) is 0 Å². The van der Waals surface area contributed by atoms with Gasteiger partial charge in [0.25, 0.3) is 5.91 Å². The van der Waals surface area contributed by atoms with Gasteiger partial charge in [0.05, 0.1) is 25.2 Å². The fraction of sp³-hybridized carbons (Fsp3) is 0.667. The molecule has 1 fully saturated rings. The van der Waals surface area contributed by atoms with E-state index >= 15 is 0 Å². The summed E-state index contributed by atoms with van der Waals surface area (Å²) < 4.78 is 44.6. The molecule has 1 aromatic carbocycles. The maximum atomic E-state index is 13.3. The molecule has 37 heavy (non-hydrogen) atoms. The normalized spacial score (nSPS) is 21.2. The van der Waals surface area contributed by atoms with Gasteiger partial charge >= 0.3 is 0 Å². The van der Waals surface area contributed by atoms with Crippen LogP contribution in [0, 0.1) is 11.8 Å². The number of ether oxygens (including phenoxy) is 3. The van der Waals surface area contributed by atoms with E-state index in [2.05, 4.69) is 13.8 Å². The molecule has 9 nitrogen and oxygen atoms in total. The highest BCUT2D eigenvalue weighted by molar-refractivity contribution is 7.89. The minimum atomic E-state index is -3.84. The SMILES string of the molecule is COc1ccc(S(=O)(=O)N(CCO)CCO[C@@H]2C[C@H](C(C)C)C=C(C(=O)N3CCCCCCC3)O2)cc1. The van der Waals surface area contributed by atoms with E-state index in [1.54, 1.807) is 12.1 Å². The molecule has 2 atom stereocenters. The lowest BCUT2D eigenvalue weighted by molar-refractivity contribution is -0.156. The number of sulfonamides is 1. The Hall–Kier alpha value is -2.14. The second-order valence-electron chi connectivity index (χ2n) is 9.96. The van der Waals surface area contributed by atoms with Gasteiger partial charge in [-0.1, -0.05) is 33.1 Å². The largest absolute Gasteiger partial charge is 0.497 e. The third-order valence-electron chi connectivity index (χ3n) is 6.99. The van der Waals surface area contributed by atoms with Crippen LogP contribution in [0.2, 0.25) is 0 Å². The molecule has 0 spiro atoms. The van der Waals surface area contributed by atoms with Crippen molar-refractivity contribution in [1.29, 1.82) is 0 Å². The summed E-state index contributed by atoms with van der Waals surface area (Å²) in [4.78, 5) is 15.3. The molecule has 1 aromatic rings. The lowest BCUT2D eigenvalue weighted by atomic mass is 9.90. The number of hydrogen-bond donors (Lipinski definition) is 1. The Labute approximate surface area is 221 Å². The van der Waals surface area contributed by atoms with Crippen LogP contribution in [-0.2, 0) is 24.3 Å². The monoisotopic (exact) mass is 538 g/mol. The number of nitrogens with zero attached hydrogens (tertiary/aromatic N) is 2. The molecule has 10 heteroatoms. The predicted molar refractivity (Wildman–Crippen MR) is 140 cm³/mol. The quantitative estimate of drug-likeness (QED) is 0.460. The molecule has 0 aromatic heterocycles. The average Bonchev–Trinajstić information content (AvgIpc) is 2.87. The van der Waals surface area contributed by atoms with Gasteiger partial charge in [-0.2, -0.15) is 4.31 Å². The lowest BCUT2D eigenvalue weighted by Gasteiger charge is -2.33. The minimum absolute atomic E-state index is 0.0419. The Balaban J connectivity index is 1.64. The summed E-state index contributed by atoms with van der Waals surface area (Å²) in [6.07, 6.45) is 7.34. The summed E-state index contributed by atoms with van der Waals surface area (Å²) in [5.74, 6) is 1.20. The van der Waals surface area contributed by atoms with Crippen molar-refractivity contribution in [2.75, 3.05) is 46.5 Å². The maximum Gasteiger partial charge on any atom is 0.288 e. The summed E-state index contributed by atoms with van der Waals surface area (Å²) in [6, 6.07) is 6.12. The van der Waals surface area contributed by atoms with Crippen LogP contribution in [0.3, 0.4) is 0 Å². The molecule has 1 saturated heterocycles. The number of benzene rings is 1. The second-order valence-corrected chi connectivity index (χ2v) is 11.9. The van der Waals surface area contributed by atoms with Crippen LogP contribution < -0.4 is 4.74 Å². The van der Waals surface area contributed by atoms with E-state index in [1.165, 1.54) is 30.0 Å². The average molecular weight is 539 g/mol. The first-order valence-corrected chi connectivity index (χ1v) is 14.7. The first-order valence-electron chi connectivity index (χ1n) is 13.3. The molecule has 0 unspecified atom stereocenters. The Bertz CT molecular complexity index is 987. The van der Waals surface area contributed by atoms with E-state index < -0.39 is 16.3 Å². The Kier molecular flexibility index (Phi) is 11.2. The van der Waals surface area contributed by atoms with Crippen molar-refractivity contribution < 1.29 is 32.5 Å². The molecule has 0 bridgehead atoms. The van der Waals surface area contributed by atoms with Crippen LogP contribution in [0.15, 0.2) is 41.0 Å². The number of methoxy groups -OCH3 is 1. The molecular formula is C27H42N2O7S. The van der Waals surface area contributed by atoms with Crippen molar-refractivity contribution in [1.82, 2.24) is 9.21 Å². The molecule has 0 aliphatic carbocycles. The number of amides is 1. The number of likely N-dealkylation sites (tertiary alicyclic amines) is 1. The molecule has 0 radical (unpaired) electrons. The Morgan fingerprint density at radius 2 is 1.76 bits per heavy atom. The fourth-order valence-corrected chi connectivity index (χ4v) is 6.07. The van der Waals surface area contributed by atoms with E-state index in [4.69, 9.17) is 14.2 Å². The van der Waals surface area contributed by atoms with E-state index in [-0.39, 0.29) is 43.0 Å². The number of carbonyl (C=O) groups is 1. The molecule has 3 rings (SSSR count). The highest BCUT2D eigenvalue weighted by Gasteiger charge is 2.32. The van der Waals surface area contributed by atoms with Gasteiger partial charge in [0.15, 0.2) is 5.76 Å². The highest BCUT2D eigenvalue weighted by Crippen LogP contribution is 2.30. The summed E-state index contributed by atoms with van der Waals surface area (Å²) in [5.41, 5.74) is 0. The molecule has 1 amide bonds. The summed E-state index contributed by atoms with van der Waals surface area (Å²) in [6.45, 7) is 5.40. The van der Waals surface area contributed by atoms with Gasteiger partial charge in [0.1, 0.15) is 5.75 Å². The van der Waals surface area contributed by atoms with Crippen LogP contribution in [-0.4, -0.2) is 81.4 Å². The van der Waals surface area contributed by atoms with Gasteiger partial charge in [0.2, 0.25) is 16.3 Å². The van der Waals surface area contributed by atoms with E-state index in [0.29, 0.717) is 23.8 Å². The zero-order valence-corrected chi connectivity index (χ0v) is 23.1. The van der Waals surface area contributed by atoms with Crippen LogP contribution in [0.1, 0.15) is 52.4 Å². The summed E-state index contributed by atoms with van der Waals surface area (Å²) in [7, 11) is -2.32. The van der Waals surface area contributed by atoms with Gasteiger partial charge in [-0.15, -0.1) is 0 Å². The number of carbonyl (C=O) groups excluding carboxylic acids is 1. The number of hydrogen-bond acceptors (Lipinski definition) is 7. The van der Waals surface area contributed by atoms with Gasteiger partial charge in [-0.25, -0.2) is 8.42 Å². The van der Waals surface area contributed by atoms with Crippen molar-refractivity contribution in [3.05, 3.63) is 36.1 Å². The topological polar surface area (TPSA) is 106 Å². The summed E-state index contributed by atoms with van der Waals surface area (Å²) in [5, 5.41) is 9.49. The number of aliphatic hydroxyl groups excluding tert-OH is 1. The molecule has 2 aliphatic heterocycles. The van der Waals surface area contributed by atoms with Gasteiger partial charge in [0, 0.05) is 32.6 Å². The number of rotatable bonds is 11. The fourth-order valence-electron chi connectivity index (χ4n) is 4.65. The van der Waals surface area contributed by atoms with Crippen LogP contribution in [0.25, 0.3) is 0 Å². The minimum Gasteiger partial charge on any atom is -0.497 e. The van der Waals surface area contributed by atoms with E-state index in [9.17, 15) is 18.3 Å². The number of aliphatic hydroxyl groups is 1. The van der Waals surface area contributed by atoms with Gasteiger partial charge in [-0.05, 0) is 55.0 Å². The lowest BCUT2D eigenvalue weighted by Crippen LogP contribution is -2.40. The van der Waals surface area contributed by atoms with Crippen LogP contribution in [0.5, 0.6) is 5.75 Å². The zero-order valence-electron chi connectivity index (χ0n) is 22.3. The smallest absolute Gasteiger partial charge is 0.288 e. The van der Waals surface area contributed by atoms with Crippen molar-refractivity contribution in [2.45, 2.75) is 63.6 Å². The maximum absolute atomic E-state index is 13.3. The van der Waals surface area contributed by atoms with Crippen LogP contribution >= 0.6 is 0 Å². The van der Waals surface area contributed by atoms with E-state index in [1.807, 2.05) is 11.0 Å². The van der Waals surface area contributed by atoms with Gasteiger partial charge in [-0.3, -0.25) is 4.79 Å². The predicted octanol–water partition coefficient (Wildman–Crippen LogP) is 3.39. The second kappa shape index (κ2) is 14.1. The zero-order chi connectivity index (χ0) is 26.8. The molecule has 0 saturated carbocycles. The summed E-state index contributed by atoms with van der Waals surface area (Å²) >= 11 is 0. The molecule has 2 heterocycles.